The van der Waals surface area contributed by atoms with Crippen molar-refractivity contribution in [2.45, 2.75) is 72.6 Å². The number of fused-ring (bicyclic) bond motifs is 2. The van der Waals surface area contributed by atoms with Gasteiger partial charge in [-0.2, -0.15) is 0 Å². The van der Waals surface area contributed by atoms with Crippen molar-refractivity contribution in [1.82, 2.24) is 0 Å². The Labute approximate surface area is 111 Å². The summed E-state index contributed by atoms with van der Waals surface area (Å²) < 4.78 is 0. The van der Waals surface area contributed by atoms with Gasteiger partial charge in [-0.05, 0) is 38.5 Å². The van der Waals surface area contributed by atoms with Gasteiger partial charge in [-0.25, -0.2) is 0 Å². The summed E-state index contributed by atoms with van der Waals surface area (Å²) >= 11 is 0. The van der Waals surface area contributed by atoms with Crippen LogP contribution in [0.15, 0.2) is 0 Å². The number of ketones is 2. The smallest absolute Gasteiger partial charge is 0.144 e. The largest absolute Gasteiger partial charge is 0.299 e. The second-order valence-electron chi connectivity index (χ2n) is 7.49. The van der Waals surface area contributed by atoms with E-state index >= 15 is 0 Å². The average molecular weight is 250 g/mol. The molecule has 2 saturated carbocycles. The zero-order chi connectivity index (χ0) is 13.6. The highest BCUT2D eigenvalue weighted by molar-refractivity contribution is 5.93. The minimum Gasteiger partial charge on any atom is -0.299 e. The van der Waals surface area contributed by atoms with Crippen LogP contribution >= 0.6 is 0 Å². The van der Waals surface area contributed by atoms with Gasteiger partial charge in [0.25, 0.3) is 0 Å². The summed E-state index contributed by atoms with van der Waals surface area (Å²) in [6.07, 6.45) is 6.26. The van der Waals surface area contributed by atoms with E-state index < -0.39 is 0 Å². The van der Waals surface area contributed by atoms with E-state index in [-0.39, 0.29) is 16.2 Å². The Morgan fingerprint density at radius 1 is 1.00 bits per heavy atom. The van der Waals surface area contributed by atoms with Crippen LogP contribution in [0.1, 0.15) is 72.6 Å². The van der Waals surface area contributed by atoms with Crippen molar-refractivity contribution in [3.05, 3.63) is 0 Å². The van der Waals surface area contributed by atoms with E-state index in [9.17, 15) is 9.59 Å². The Morgan fingerprint density at radius 2 is 1.50 bits per heavy atom. The molecule has 2 aliphatic rings. The van der Waals surface area contributed by atoms with Crippen LogP contribution in [-0.2, 0) is 9.59 Å². The molecule has 0 amide bonds. The molecule has 0 heterocycles. The minimum absolute atomic E-state index is 0.128. The third-order valence-corrected chi connectivity index (χ3v) is 5.07. The molecular formula is C16H26O2. The van der Waals surface area contributed by atoms with Crippen LogP contribution in [0.3, 0.4) is 0 Å². The summed E-state index contributed by atoms with van der Waals surface area (Å²) in [4.78, 5) is 25.0. The molecule has 2 fully saturated rings. The molecule has 2 aliphatic carbocycles. The number of Topliss-reactive ketones (excluding diaryl/α,β-unsaturated/α-hetero) is 2. The van der Waals surface area contributed by atoms with E-state index in [0.29, 0.717) is 18.0 Å². The van der Waals surface area contributed by atoms with Crippen molar-refractivity contribution in [3.63, 3.8) is 0 Å². The van der Waals surface area contributed by atoms with Crippen LogP contribution in [0, 0.1) is 16.2 Å². The van der Waals surface area contributed by atoms with Crippen LogP contribution in [0.25, 0.3) is 0 Å². The molecule has 0 N–H and O–H groups in total. The van der Waals surface area contributed by atoms with Crippen LogP contribution < -0.4 is 0 Å². The molecule has 0 aromatic rings. The van der Waals surface area contributed by atoms with E-state index in [1.165, 1.54) is 0 Å². The third-order valence-electron chi connectivity index (χ3n) is 5.07. The Balaban J connectivity index is 2.19. The lowest BCUT2D eigenvalue weighted by molar-refractivity contribution is -0.136. The topological polar surface area (TPSA) is 34.1 Å². The van der Waals surface area contributed by atoms with Crippen molar-refractivity contribution in [2.24, 2.45) is 16.2 Å². The molecule has 0 radical (unpaired) electrons. The molecule has 0 unspecified atom stereocenters. The molecule has 2 rings (SSSR count). The second-order valence-corrected chi connectivity index (χ2v) is 7.49. The van der Waals surface area contributed by atoms with Gasteiger partial charge >= 0.3 is 0 Å². The lowest BCUT2D eigenvalue weighted by Gasteiger charge is -2.32. The van der Waals surface area contributed by atoms with Crippen LogP contribution in [0.4, 0.5) is 0 Å². The molecule has 2 bridgehead atoms. The standard InChI is InChI=1S/C16H26O2/c1-5-6-12(17)15-7-9-16(11-15,10-8-15)13(18)14(2,3)4/h5-11H2,1-4H3. The molecule has 0 spiro atoms. The molecule has 102 valence electrons. The van der Waals surface area contributed by atoms with Gasteiger partial charge in [0, 0.05) is 22.7 Å². The zero-order valence-corrected chi connectivity index (χ0v) is 12.3. The van der Waals surface area contributed by atoms with Crippen LogP contribution in [0.2, 0.25) is 0 Å². The number of hydrogen-bond acceptors (Lipinski definition) is 2. The van der Waals surface area contributed by atoms with Gasteiger partial charge in [0.2, 0.25) is 0 Å². The van der Waals surface area contributed by atoms with Crippen molar-refractivity contribution >= 4 is 11.6 Å². The van der Waals surface area contributed by atoms with Gasteiger partial charge in [0.1, 0.15) is 11.6 Å². The predicted octanol–water partition coefficient (Wildman–Crippen LogP) is 3.92. The fraction of sp³-hybridized carbons (Fsp3) is 0.875. The summed E-state index contributed by atoms with van der Waals surface area (Å²) in [6, 6.07) is 0. The van der Waals surface area contributed by atoms with Crippen molar-refractivity contribution in [2.75, 3.05) is 0 Å². The van der Waals surface area contributed by atoms with Gasteiger partial charge < -0.3 is 0 Å². The molecular weight excluding hydrogens is 224 g/mol. The molecule has 18 heavy (non-hydrogen) atoms. The quantitative estimate of drug-likeness (QED) is 0.757. The monoisotopic (exact) mass is 250 g/mol. The van der Waals surface area contributed by atoms with Gasteiger partial charge in [-0.3, -0.25) is 9.59 Å². The number of rotatable bonds is 4. The highest BCUT2D eigenvalue weighted by Gasteiger charge is 2.61. The molecule has 2 heteroatoms. The SMILES string of the molecule is CCCC(=O)C12CCC(C(=O)C(C)(C)C)(CC1)C2. The van der Waals surface area contributed by atoms with Gasteiger partial charge in [0.15, 0.2) is 0 Å². The van der Waals surface area contributed by atoms with E-state index in [1.54, 1.807) is 0 Å². The fourth-order valence-electron chi connectivity index (χ4n) is 4.18. The summed E-state index contributed by atoms with van der Waals surface area (Å²) in [5.74, 6) is 0.810. The van der Waals surface area contributed by atoms with Crippen LogP contribution in [0.5, 0.6) is 0 Å². The summed E-state index contributed by atoms with van der Waals surface area (Å²) in [6.45, 7) is 8.09. The number of hydrogen-bond donors (Lipinski definition) is 0. The lowest BCUT2D eigenvalue weighted by Crippen LogP contribution is -2.36. The normalized spacial score (nSPS) is 34.9. The van der Waals surface area contributed by atoms with Gasteiger partial charge in [-0.15, -0.1) is 0 Å². The molecule has 0 aliphatic heterocycles. The van der Waals surface area contributed by atoms with E-state index in [4.69, 9.17) is 0 Å². The fourth-order valence-corrected chi connectivity index (χ4v) is 4.18. The van der Waals surface area contributed by atoms with Crippen LogP contribution in [-0.4, -0.2) is 11.6 Å². The maximum absolute atomic E-state index is 12.7. The van der Waals surface area contributed by atoms with Gasteiger partial charge in [-0.1, -0.05) is 27.7 Å². The van der Waals surface area contributed by atoms with Crippen molar-refractivity contribution in [1.29, 1.82) is 0 Å². The molecule has 0 aromatic heterocycles. The number of carbonyl (C=O) groups excluding carboxylic acids is 2. The van der Waals surface area contributed by atoms with Crippen molar-refractivity contribution < 1.29 is 9.59 Å². The Morgan fingerprint density at radius 3 is 1.94 bits per heavy atom. The average Bonchev–Trinajstić information content (AvgIpc) is 2.85. The Hall–Kier alpha value is -0.660. The first-order valence-electron chi connectivity index (χ1n) is 7.34. The van der Waals surface area contributed by atoms with Gasteiger partial charge in [0.05, 0.1) is 0 Å². The maximum atomic E-state index is 12.7. The molecule has 0 aromatic carbocycles. The first kappa shape index (κ1) is 13.8. The van der Waals surface area contributed by atoms with E-state index in [2.05, 4.69) is 6.92 Å². The highest BCUT2D eigenvalue weighted by Crippen LogP contribution is 2.64. The zero-order valence-electron chi connectivity index (χ0n) is 12.3. The molecule has 0 atom stereocenters. The molecule has 0 saturated heterocycles. The number of carbonyl (C=O) groups is 2. The Kier molecular flexibility index (Phi) is 3.19. The summed E-state index contributed by atoms with van der Waals surface area (Å²) in [5.41, 5.74) is -0.563. The first-order valence-corrected chi connectivity index (χ1v) is 7.34. The van der Waals surface area contributed by atoms with E-state index in [1.807, 2.05) is 20.8 Å². The maximum Gasteiger partial charge on any atom is 0.144 e. The summed E-state index contributed by atoms with van der Waals surface area (Å²) in [7, 11) is 0. The van der Waals surface area contributed by atoms with E-state index in [0.717, 1.165) is 38.5 Å². The lowest BCUT2D eigenvalue weighted by atomic mass is 9.70. The minimum atomic E-state index is -0.270. The summed E-state index contributed by atoms with van der Waals surface area (Å²) in [5, 5.41) is 0. The first-order chi connectivity index (χ1) is 8.26. The third kappa shape index (κ3) is 1.94. The highest BCUT2D eigenvalue weighted by atomic mass is 16.1. The van der Waals surface area contributed by atoms with Crippen molar-refractivity contribution in [3.8, 4) is 0 Å². The second kappa shape index (κ2) is 4.18. The predicted molar refractivity (Wildman–Crippen MR) is 72.3 cm³/mol. The Bertz CT molecular complexity index is 365. The molecule has 2 nitrogen and oxygen atoms in total.